The number of hydrogen-bond donors (Lipinski definition) is 1. The van der Waals surface area contributed by atoms with E-state index in [2.05, 4.69) is 5.32 Å². The number of rotatable bonds is 6. The smallest absolute Gasteiger partial charge is 0.162 e. The molecule has 0 saturated heterocycles. The molecule has 1 aromatic rings. The number of anilines is 1. The highest BCUT2D eigenvalue weighted by molar-refractivity contribution is 5.96. The summed E-state index contributed by atoms with van der Waals surface area (Å²) in [5, 5.41) is 3.39. The van der Waals surface area contributed by atoms with Crippen LogP contribution in [0, 0.1) is 0 Å². The number of ketones is 1. The van der Waals surface area contributed by atoms with Gasteiger partial charge in [-0.2, -0.15) is 0 Å². The zero-order chi connectivity index (χ0) is 13.0. The van der Waals surface area contributed by atoms with Gasteiger partial charge in [0.25, 0.3) is 0 Å². The highest BCUT2D eigenvalue weighted by Crippen LogP contribution is 2.35. The fourth-order valence-corrected chi connectivity index (χ4v) is 2.27. The molecule has 1 aromatic carbocycles. The van der Waals surface area contributed by atoms with Gasteiger partial charge in [-0.15, -0.1) is 0 Å². The van der Waals surface area contributed by atoms with Crippen LogP contribution in [-0.2, 0) is 4.74 Å². The number of benzene rings is 1. The van der Waals surface area contributed by atoms with Crippen LogP contribution in [0.1, 0.15) is 43.0 Å². The lowest BCUT2D eigenvalue weighted by Gasteiger charge is -2.40. The number of hydrogen-bond acceptors (Lipinski definition) is 3. The Labute approximate surface area is 109 Å². The van der Waals surface area contributed by atoms with E-state index < -0.39 is 0 Å². The summed E-state index contributed by atoms with van der Waals surface area (Å²) in [6.45, 7) is 2.72. The second-order valence-electron chi connectivity index (χ2n) is 4.95. The van der Waals surface area contributed by atoms with Gasteiger partial charge in [-0.3, -0.25) is 4.79 Å². The van der Waals surface area contributed by atoms with Crippen LogP contribution in [0.2, 0.25) is 0 Å². The van der Waals surface area contributed by atoms with Crippen LogP contribution < -0.4 is 5.32 Å². The van der Waals surface area contributed by atoms with E-state index >= 15 is 0 Å². The molecule has 0 amide bonds. The lowest BCUT2D eigenvalue weighted by molar-refractivity contribution is -0.0601. The largest absolute Gasteiger partial charge is 0.382 e. The van der Waals surface area contributed by atoms with E-state index in [-0.39, 0.29) is 11.4 Å². The van der Waals surface area contributed by atoms with Crippen molar-refractivity contribution < 1.29 is 9.53 Å². The summed E-state index contributed by atoms with van der Waals surface area (Å²) in [5.74, 6) is 0.189. The third-order valence-electron chi connectivity index (χ3n) is 3.84. The van der Waals surface area contributed by atoms with Crippen LogP contribution in [0.3, 0.4) is 0 Å². The lowest BCUT2D eigenvalue weighted by atomic mass is 9.80. The molecule has 2 rings (SSSR count). The first kappa shape index (κ1) is 13.1. The number of ether oxygens (including phenoxy) is 1. The molecule has 98 valence electrons. The Kier molecular flexibility index (Phi) is 4.02. The maximum Gasteiger partial charge on any atom is 0.162 e. The summed E-state index contributed by atoms with van der Waals surface area (Å²) in [4.78, 5) is 11.5. The molecule has 0 heterocycles. The molecule has 0 aliphatic heterocycles. The third kappa shape index (κ3) is 2.72. The predicted molar refractivity (Wildman–Crippen MR) is 73.1 cm³/mol. The number of nitrogens with one attached hydrogen (secondary N) is 1. The normalized spacial score (nSPS) is 17.0. The van der Waals surface area contributed by atoms with E-state index in [0.29, 0.717) is 6.42 Å². The molecule has 1 aliphatic carbocycles. The highest BCUT2D eigenvalue weighted by Gasteiger charge is 2.36. The second-order valence-corrected chi connectivity index (χ2v) is 4.95. The highest BCUT2D eigenvalue weighted by atomic mass is 16.5. The number of carbonyl (C=O) groups is 1. The van der Waals surface area contributed by atoms with Crippen molar-refractivity contribution in [3.8, 4) is 0 Å². The lowest BCUT2D eigenvalue weighted by Crippen LogP contribution is -2.45. The first-order valence-electron chi connectivity index (χ1n) is 6.61. The summed E-state index contributed by atoms with van der Waals surface area (Å²) in [5.41, 5.74) is 1.86. The molecular weight excluding hydrogens is 226 g/mol. The fraction of sp³-hybridized carbons (Fsp3) is 0.533. The van der Waals surface area contributed by atoms with Crippen LogP contribution in [0.5, 0.6) is 0 Å². The minimum atomic E-state index is 0.0257. The van der Waals surface area contributed by atoms with E-state index in [1.165, 1.54) is 6.42 Å². The second kappa shape index (κ2) is 5.53. The molecular formula is C15H21NO2. The summed E-state index contributed by atoms with van der Waals surface area (Å²) < 4.78 is 5.56. The Bertz CT molecular complexity index is 401. The van der Waals surface area contributed by atoms with Gasteiger partial charge in [-0.1, -0.05) is 6.92 Å². The van der Waals surface area contributed by atoms with E-state index in [0.717, 1.165) is 30.6 Å². The molecule has 0 radical (unpaired) electrons. The Balaban J connectivity index is 1.92. The Hall–Kier alpha value is -1.35. The van der Waals surface area contributed by atoms with Gasteiger partial charge >= 0.3 is 0 Å². The van der Waals surface area contributed by atoms with Gasteiger partial charge in [0, 0.05) is 31.3 Å². The van der Waals surface area contributed by atoms with Crippen LogP contribution in [-0.4, -0.2) is 25.0 Å². The van der Waals surface area contributed by atoms with Crippen LogP contribution in [0.15, 0.2) is 24.3 Å². The molecule has 0 unspecified atom stereocenters. The van der Waals surface area contributed by atoms with Crippen molar-refractivity contribution in [3.63, 3.8) is 0 Å². The summed E-state index contributed by atoms with van der Waals surface area (Å²) >= 11 is 0. The Morgan fingerprint density at radius 3 is 2.44 bits per heavy atom. The molecule has 3 nitrogen and oxygen atoms in total. The first-order chi connectivity index (χ1) is 8.69. The molecule has 0 spiro atoms. The molecule has 1 aliphatic rings. The average Bonchev–Trinajstić information content (AvgIpc) is 2.38. The van der Waals surface area contributed by atoms with Crippen LogP contribution >= 0.6 is 0 Å². The van der Waals surface area contributed by atoms with Crippen molar-refractivity contribution in [2.75, 3.05) is 19.0 Å². The van der Waals surface area contributed by atoms with Crippen molar-refractivity contribution in [1.82, 2.24) is 0 Å². The molecule has 0 bridgehead atoms. The topological polar surface area (TPSA) is 38.3 Å². The quantitative estimate of drug-likeness (QED) is 0.784. The van der Waals surface area contributed by atoms with Gasteiger partial charge in [-0.25, -0.2) is 0 Å². The van der Waals surface area contributed by atoms with E-state index in [1.54, 1.807) is 7.11 Å². The maximum atomic E-state index is 11.5. The van der Waals surface area contributed by atoms with Crippen LogP contribution in [0.25, 0.3) is 0 Å². The fourth-order valence-electron chi connectivity index (χ4n) is 2.27. The number of Topliss-reactive ketones (excluding diaryl/α,β-unsaturated/α-hetero) is 1. The van der Waals surface area contributed by atoms with E-state index in [4.69, 9.17) is 4.74 Å². The van der Waals surface area contributed by atoms with Gasteiger partial charge in [0.1, 0.15) is 0 Å². The van der Waals surface area contributed by atoms with Crippen molar-refractivity contribution in [1.29, 1.82) is 0 Å². The van der Waals surface area contributed by atoms with Crippen molar-refractivity contribution >= 4 is 11.5 Å². The first-order valence-corrected chi connectivity index (χ1v) is 6.61. The summed E-state index contributed by atoms with van der Waals surface area (Å²) in [6, 6.07) is 7.69. The standard InChI is InChI=1S/C15H21NO2/c1-3-14(17)12-5-7-13(8-6-12)16-11-15(18-2)9-4-10-15/h5-8,16H,3-4,9-11H2,1-2H3. The molecule has 1 fully saturated rings. The van der Waals surface area contributed by atoms with Gasteiger partial charge in [-0.05, 0) is 43.5 Å². The van der Waals surface area contributed by atoms with Crippen LogP contribution in [0.4, 0.5) is 5.69 Å². The molecule has 18 heavy (non-hydrogen) atoms. The zero-order valence-corrected chi connectivity index (χ0v) is 11.2. The average molecular weight is 247 g/mol. The summed E-state index contributed by atoms with van der Waals surface area (Å²) in [6.07, 6.45) is 4.06. The number of methoxy groups -OCH3 is 1. The van der Waals surface area contributed by atoms with Gasteiger partial charge < -0.3 is 10.1 Å². The minimum absolute atomic E-state index is 0.0257. The minimum Gasteiger partial charge on any atom is -0.382 e. The van der Waals surface area contributed by atoms with E-state index in [9.17, 15) is 4.79 Å². The van der Waals surface area contributed by atoms with Gasteiger partial charge in [0.15, 0.2) is 5.78 Å². The summed E-state index contributed by atoms with van der Waals surface area (Å²) in [7, 11) is 1.78. The SMILES string of the molecule is CCC(=O)c1ccc(NCC2(OC)CCC2)cc1. The van der Waals surface area contributed by atoms with Gasteiger partial charge in [0.2, 0.25) is 0 Å². The monoisotopic (exact) mass is 247 g/mol. The van der Waals surface area contributed by atoms with Crippen molar-refractivity contribution in [3.05, 3.63) is 29.8 Å². The van der Waals surface area contributed by atoms with Crippen molar-refractivity contribution in [2.24, 2.45) is 0 Å². The molecule has 0 atom stereocenters. The molecule has 1 N–H and O–H groups in total. The number of carbonyl (C=O) groups excluding carboxylic acids is 1. The zero-order valence-electron chi connectivity index (χ0n) is 11.2. The third-order valence-corrected chi connectivity index (χ3v) is 3.84. The molecule has 0 aromatic heterocycles. The Morgan fingerprint density at radius 1 is 1.33 bits per heavy atom. The predicted octanol–water partition coefficient (Wildman–Crippen LogP) is 3.26. The Morgan fingerprint density at radius 2 is 2.00 bits per heavy atom. The van der Waals surface area contributed by atoms with Crippen molar-refractivity contribution in [2.45, 2.75) is 38.2 Å². The molecule has 1 saturated carbocycles. The maximum absolute atomic E-state index is 11.5. The van der Waals surface area contributed by atoms with E-state index in [1.807, 2.05) is 31.2 Å². The van der Waals surface area contributed by atoms with Gasteiger partial charge in [0.05, 0.1) is 5.60 Å². The molecule has 3 heteroatoms.